The highest BCUT2D eigenvalue weighted by Gasteiger charge is 2.28. The van der Waals surface area contributed by atoms with Crippen molar-refractivity contribution < 1.29 is 13.2 Å². The van der Waals surface area contributed by atoms with Crippen molar-refractivity contribution >= 4 is 11.5 Å². The Morgan fingerprint density at radius 3 is 2.36 bits per heavy atom. The number of rotatable bonds is 2. The maximum atomic E-state index is 14.7. The average Bonchev–Trinajstić information content (AvgIpc) is 3.04. The van der Waals surface area contributed by atoms with E-state index in [1.807, 2.05) is 11.0 Å². The van der Waals surface area contributed by atoms with Gasteiger partial charge in [0.25, 0.3) is 0 Å². The minimum Gasteiger partial charge on any atom is -0.357 e. The number of anilines is 1. The Morgan fingerprint density at radius 1 is 1.11 bits per heavy atom. The van der Waals surface area contributed by atoms with Crippen LogP contribution >= 0.6 is 0 Å². The third-order valence-electron chi connectivity index (χ3n) is 5.28. The third-order valence-corrected chi connectivity index (χ3v) is 5.28. The maximum absolute atomic E-state index is 14.7. The third kappa shape index (κ3) is 2.87. The standard InChI is InChI=1S/C20H18F3N5/c1-11-3-5-27(6-4-11)20-17(18-14(22)7-13(21)8-15(18)23)12(2)26-19-16(9-24)25-10-28(19)20/h7-8,10-11H,3-6H2,1-2H3. The van der Waals surface area contributed by atoms with Gasteiger partial charge in [-0.05, 0) is 25.7 Å². The zero-order valence-electron chi connectivity index (χ0n) is 15.5. The fourth-order valence-electron chi connectivity index (χ4n) is 3.78. The summed E-state index contributed by atoms with van der Waals surface area (Å²) in [5.41, 5.74) is 0.747. The van der Waals surface area contributed by atoms with Crippen LogP contribution in [-0.2, 0) is 0 Å². The Bertz CT molecular complexity index is 1080. The van der Waals surface area contributed by atoms with Gasteiger partial charge in [0, 0.05) is 25.2 Å². The molecule has 0 aliphatic carbocycles. The maximum Gasteiger partial charge on any atom is 0.185 e. The lowest BCUT2D eigenvalue weighted by molar-refractivity contribution is 0.436. The molecule has 1 saturated heterocycles. The highest BCUT2D eigenvalue weighted by Crippen LogP contribution is 2.39. The molecular weight excluding hydrogens is 367 g/mol. The molecule has 0 bridgehead atoms. The van der Waals surface area contributed by atoms with Gasteiger partial charge in [-0.2, -0.15) is 5.26 Å². The van der Waals surface area contributed by atoms with Crippen LogP contribution in [-0.4, -0.2) is 27.5 Å². The highest BCUT2D eigenvalue weighted by atomic mass is 19.1. The molecule has 0 atom stereocenters. The molecule has 1 aliphatic rings. The van der Waals surface area contributed by atoms with Crippen LogP contribution in [0.3, 0.4) is 0 Å². The Labute approximate surface area is 160 Å². The monoisotopic (exact) mass is 385 g/mol. The van der Waals surface area contributed by atoms with Crippen LogP contribution in [0.15, 0.2) is 18.5 Å². The fourth-order valence-corrected chi connectivity index (χ4v) is 3.78. The average molecular weight is 385 g/mol. The number of fused-ring (bicyclic) bond motifs is 1. The molecule has 0 unspecified atom stereocenters. The first-order valence-corrected chi connectivity index (χ1v) is 9.08. The second-order valence-electron chi connectivity index (χ2n) is 7.21. The second kappa shape index (κ2) is 6.82. The van der Waals surface area contributed by atoms with Crippen molar-refractivity contribution in [1.29, 1.82) is 5.26 Å². The molecule has 144 valence electrons. The van der Waals surface area contributed by atoms with Crippen molar-refractivity contribution in [1.82, 2.24) is 14.4 Å². The molecule has 28 heavy (non-hydrogen) atoms. The van der Waals surface area contributed by atoms with E-state index < -0.39 is 17.5 Å². The first-order valence-electron chi connectivity index (χ1n) is 9.08. The van der Waals surface area contributed by atoms with Gasteiger partial charge in [-0.3, -0.25) is 4.40 Å². The van der Waals surface area contributed by atoms with E-state index in [4.69, 9.17) is 0 Å². The number of benzene rings is 1. The fraction of sp³-hybridized carbons (Fsp3) is 0.350. The Hall–Kier alpha value is -3.08. The molecule has 5 nitrogen and oxygen atoms in total. The summed E-state index contributed by atoms with van der Waals surface area (Å²) in [4.78, 5) is 10.5. The summed E-state index contributed by atoms with van der Waals surface area (Å²) < 4.78 is 44.4. The van der Waals surface area contributed by atoms with Crippen molar-refractivity contribution in [2.45, 2.75) is 26.7 Å². The molecule has 2 aromatic heterocycles. The predicted octanol–water partition coefficient (Wildman–Crippen LogP) is 4.23. The van der Waals surface area contributed by atoms with Gasteiger partial charge >= 0.3 is 0 Å². The zero-order valence-corrected chi connectivity index (χ0v) is 15.5. The van der Waals surface area contributed by atoms with E-state index in [0.29, 0.717) is 48.3 Å². The quantitative estimate of drug-likeness (QED) is 0.662. The SMILES string of the molecule is Cc1nc2c(C#N)ncn2c(N2CCC(C)CC2)c1-c1c(F)cc(F)cc1F. The van der Waals surface area contributed by atoms with Crippen molar-refractivity contribution in [2.24, 2.45) is 5.92 Å². The molecule has 1 aromatic carbocycles. The van der Waals surface area contributed by atoms with Crippen molar-refractivity contribution in [3.05, 3.63) is 47.3 Å². The van der Waals surface area contributed by atoms with Crippen LogP contribution in [0.5, 0.6) is 0 Å². The Balaban J connectivity index is 2.05. The number of nitriles is 1. The van der Waals surface area contributed by atoms with Crippen LogP contribution in [0.25, 0.3) is 16.8 Å². The Morgan fingerprint density at radius 2 is 1.75 bits per heavy atom. The number of piperidine rings is 1. The normalized spacial score (nSPS) is 15.2. The van der Waals surface area contributed by atoms with Gasteiger partial charge in [0.2, 0.25) is 0 Å². The van der Waals surface area contributed by atoms with Gasteiger partial charge in [0.15, 0.2) is 11.3 Å². The van der Waals surface area contributed by atoms with E-state index in [1.165, 1.54) is 6.33 Å². The van der Waals surface area contributed by atoms with Gasteiger partial charge in [-0.1, -0.05) is 6.92 Å². The number of imidazole rings is 1. The van der Waals surface area contributed by atoms with Gasteiger partial charge in [0.05, 0.1) is 16.8 Å². The smallest absolute Gasteiger partial charge is 0.185 e. The summed E-state index contributed by atoms with van der Waals surface area (Å²) in [6, 6.07) is 3.32. The van der Waals surface area contributed by atoms with Crippen LogP contribution in [0.1, 0.15) is 31.2 Å². The second-order valence-corrected chi connectivity index (χ2v) is 7.21. The van der Waals surface area contributed by atoms with Gasteiger partial charge < -0.3 is 4.90 Å². The molecule has 3 aromatic rings. The first kappa shape index (κ1) is 18.3. The van der Waals surface area contributed by atoms with E-state index in [9.17, 15) is 18.4 Å². The minimum atomic E-state index is -0.992. The lowest BCUT2D eigenvalue weighted by Crippen LogP contribution is -2.34. The molecule has 0 spiro atoms. The molecule has 1 aliphatic heterocycles. The molecule has 0 radical (unpaired) electrons. The van der Waals surface area contributed by atoms with Crippen LogP contribution in [0, 0.1) is 41.6 Å². The number of nitrogens with zero attached hydrogens (tertiary/aromatic N) is 5. The van der Waals surface area contributed by atoms with Crippen molar-refractivity contribution in [2.75, 3.05) is 18.0 Å². The molecule has 1 fully saturated rings. The summed E-state index contributed by atoms with van der Waals surface area (Å²) in [7, 11) is 0. The van der Waals surface area contributed by atoms with E-state index >= 15 is 0 Å². The molecular formula is C20H18F3N5. The molecule has 4 rings (SSSR count). The first-order chi connectivity index (χ1) is 13.4. The molecule has 0 N–H and O–H groups in total. The highest BCUT2D eigenvalue weighted by molar-refractivity contribution is 5.81. The van der Waals surface area contributed by atoms with Crippen LogP contribution < -0.4 is 4.90 Å². The van der Waals surface area contributed by atoms with E-state index in [0.717, 1.165) is 12.8 Å². The number of halogens is 3. The molecule has 3 heterocycles. The van der Waals surface area contributed by atoms with Gasteiger partial charge in [-0.15, -0.1) is 0 Å². The predicted molar refractivity (Wildman–Crippen MR) is 98.4 cm³/mol. The minimum absolute atomic E-state index is 0.140. The topological polar surface area (TPSA) is 57.2 Å². The summed E-state index contributed by atoms with van der Waals surface area (Å²) in [5, 5.41) is 9.32. The Kier molecular flexibility index (Phi) is 4.46. The largest absolute Gasteiger partial charge is 0.357 e. The summed E-state index contributed by atoms with van der Waals surface area (Å²) in [6.45, 7) is 5.17. The lowest BCUT2D eigenvalue weighted by Gasteiger charge is -2.34. The zero-order chi connectivity index (χ0) is 20.0. The van der Waals surface area contributed by atoms with E-state index in [2.05, 4.69) is 16.9 Å². The number of hydrogen-bond donors (Lipinski definition) is 0. The van der Waals surface area contributed by atoms with Gasteiger partial charge in [-0.25, -0.2) is 23.1 Å². The van der Waals surface area contributed by atoms with Gasteiger partial charge in [0.1, 0.15) is 35.7 Å². The number of hydrogen-bond acceptors (Lipinski definition) is 4. The number of aromatic nitrogens is 3. The van der Waals surface area contributed by atoms with E-state index in [-0.39, 0.29) is 16.8 Å². The summed E-state index contributed by atoms with van der Waals surface area (Å²) in [6.07, 6.45) is 3.30. The summed E-state index contributed by atoms with van der Waals surface area (Å²) >= 11 is 0. The molecule has 8 heteroatoms. The van der Waals surface area contributed by atoms with Crippen LogP contribution in [0.4, 0.5) is 19.0 Å². The van der Waals surface area contributed by atoms with E-state index in [1.54, 1.807) is 11.3 Å². The molecule has 0 amide bonds. The lowest BCUT2D eigenvalue weighted by atomic mass is 9.97. The van der Waals surface area contributed by atoms with Crippen molar-refractivity contribution in [3.63, 3.8) is 0 Å². The number of aryl methyl sites for hydroxylation is 1. The van der Waals surface area contributed by atoms with Crippen molar-refractivity contribution in [3.8, 4) is 17.2 Å². The van der Waals surface area contributed by atoms with Crippen LogP contribution in [0.2, 0.25) is 0 Å². The molecule has 0 saturated carbocycles. The summed E-state index contributed by atoms with van der Waals surface area (Å²) in [5.74, 6) is -1.89.